The highest BCUT2D eigenvalue weighted by atomic mass is 79.9. The van der Waals surface area contributed by atoms with Crippen LogP contribution in [0.5, 0.6) is 0 Å². The number of nitrogens with one attached hydrogen (secondary N) is 1. The summed E-state index contributed by atoms with van der Waals surface area (Å²) in [6.07, 6.45) is 1.10. The topological polar surface area (TPSA) is 63.2 Å². The predicted octanol–water partition coefficient (Wildman–Crippen LogP) is 3.24. The minimum absolute atomic E-state index is 0.0922. The number of anilines is 1. The smallest absolute Gasteiger partial charge is 0.258 e. The van der Waals surface area contributed by atoms with E-state index in [1.807, 2.05) is 0 Å². The first-order chi connectivity index (χ1) is 9.77. The number of sulfone groups is 1. The molecule has 0 saturated heterocycles. The highest BCUT2D eigenvalue weighted by Gasteiger charge is 2.13. The Labute approximate surface area is 130 Å². The summed E-state index contributed by atoms with van der Waals surface area (Å²) in [7, 11) is -3.29. The zero-order valence-corrected chi connectivity index (χ0v) is 13.3. The third kappa shape index (κ3) is 3.89. The minimum Gasteiger partial charge on any atom is -0.322 e. The van der Waals surface area contributed by atoms with Crippen LogP contribution in [-0.4, -0.2) is 20.6 Å². The van der Waals surface area contributed by atoms with Gasteiger partial charge in [-0.25, -0.2) is 12.8 Å². The molecular weight excluding hydrogens is 361 g/mol. The van der Waals surface area contributed by atoms with E-state index in [4.69, 9.17) is 0 Å². The summed E-state index contributed by atoms with van der Waals surface area (Å²) < 4.78 is 36.8. The van der Waals surface area contributed by atoms with Gasteiger partial charge in [0.2, 0.25) is 0 Å². The van der Waals surface area contributed by atoms with Crippen molar-refractivity contribution in [3.05, 3.63) is 58.3 Å². The lowest BCUT2D eigenvalue weighted by Gasteiger charge is -2.07. The van der Waals surface area contributed by atoms with Gasteiger partial charge in [-0.15, -0.1) is 0 Å². The molecule has 0 aliphatic rings. The Kier molecular flexibility index (Phi) is 4.43. The molecule has 0 unspecified atom stereocenters. The second kappa shape index (κ2) is 5.95. The average molecular weight is 372 g/mol. The van der Waals surface area contributed by atoms with E-state index >= 15 is 0 Å². The Morgan fingerprint density at radius 3 is 2.29 bits per heavy atom. The molecule has 2 aromatic rings. The van der Waals surface area contributed by atoms with Crippen LogP contribution in [0.25, 0.3) is 0 Å². The van der Waals surface area contributed by atoms with Gasteiger partial charge >= 0.3 is 0 Å². The predicted molar refractivity (Wildman–Crippen MR) is 81.6 cm³/mol. The Bertz CT molecular complexity index is 788. The van der Waals surface area contributed by atoms with E-state index in [0.717, 1.165) is 6.26 Å². The van der Waals surface area contributed by atoms with E-state index in [-0.39, 0.29) is 10.5 Å². The molecule has 0 spiro atoms. The third-order valence-corrected chi connectivity index (χ3v) is 4.34. The lowest BCUT2D eigenvalue weighted by atomic mass is 10.2. The molecule has 0 aliphatic heterocycles. The van der Waals surface area contributed by atoms with Crippen LogP contribution in [0.4, 0.5) is 10.1 Å². The molecule has 0 fully saturated rings. The molecule has 1 amide bonds. The van der Waals surface area contributed by atoms with E-state index < -0.39 is 21.6 Å². The first kappa shape index (κ1) is 15.7. The fourth-order valence-corrected chi connectivity index (χ4v) is 2.62. The zero-order valence-electron chi connectivity index (χ0n) is 10.9. The van der Waals surface area contributed by atoms with Crippen LogP contribution in [0.3, 0.4) is 0 Å². The Balaban J connectivity index is 2.20. The Morgan fingerprint density at radius 1 is 1.14 bits per heavy atom. The molecule has 0 radical (unpaired) electrons. The number of halogens is 2. The maximum absolute atomic E-state index is 13.7. The standard InChI is InChI=1S/C14H11BrFNO3S/c1-21(19,20)11-5-3-10(4-6-11)17-14(18)12-7-2-9(15)8-13(12)16/h2-8H,1H3,(H,17,18). The molecule has 7 heteroatoms. The summed E-state index contributed by atoms with van der Waals surface area (Å²) in [5.74, 6) is -1.25. The maximum atomic E-state index is 13.7. The van der Waals surface area contributed by atoms with Gasteiger partial charge < -0.3 is 5.32 Å². The highest BCUT2D eigenvalue weighted by Crippen LogP contribution is 2.18. The first-order valence-corrected chi connectivity index (χ1v) is 8.52. The van der Waals surface area contributed by atoms with Gasteiger partial charge in [0, 0.05) is 16.4 Å². The molecule has 0 heterocycles. The van der Waals surface area contributed by atoms with Gasteiger partial charge in [0.1, 0.15) is 5.82 Å². The average Bonchev–Trinajstić information content (AvgIpc) is 2.38. The van der Waals surface area contributed by atoms with Crippen molar-refractivity contribution in [2.75, 3.05) is 11.6 Å². The maximum Gasteiger partial charge on any atom is 0.258 e. The van der Waals surface area contributed by atoms with Crippen molar-refractivity contribution in [3.8, 4) is 0 Å². The number of carbonyl (C=O) groups is 1. The molecule has 21 heavy (non-hydrogen) atoms. The van der Waals surface area contributed by atoms with Crippen molar-refractivity contribution in [1.82, 2.24) is 0 Å². The number of hydrogen-bond donors (Lipinski definition) is 1. The van der Waals surface area contributed by atoms with E-state index in [0.29, 0.717) is 10.2 Å². The van der Waals surface area contributed by atoms with Crippen LogP contribution in [0.2, 0.25) is 0 Å². The fourth-order valence-electron chi connectivity index (χ4n) is 1.66. The molecular formula is C14H11BrFNO3S. The highest BCUT2D eigenvalue weighted by molar-refractivity contribution is 9.10. The van der Waals surface area contributed by atoms with Crippen molar-refractivity contribution in [3.63, 3.8) is 0 Å². The summed E-state index contributed by atoms with van der Waals surface area (Å²) in [6.45, 7) is 0. The number of rotatable bonds is 3. The van der Waals surface area contributed by atoms with Crippen molar-refractivity contribution in [1.29, 1.82) is 0 Å². The van der Waals surface area contributed by atoms with Gasteiger partial charge in [0.25, 0.3) is 5.91 Å². The van der Waals surface area contributed by atoms with Crippen LogP contribution >= 0.6 is 15.9 Å². The summed E-state index contributed by atoms with van der Waals surface area (Å²) in [4.78, 5) is 12.1. The van der Waals surface area contributed by atoms with E-state index in [9.17, 15) is 17.6 Å². The summed E-state index contributed by atoms with van der Waals surface area (Å²) in [6, 6.07) is 9.77. The van der Waals surface area contributed by atoms with Crippen LogP contribution in [-0.2, 0) is 9.84 Å². The molecule has 2 rings (SSSR count). The van der Waals surface area contributed by atoms with E-state index in [2.05, 4.69) is 21.2 Å². The normalized spacial score (nSPS) is 11.2. The van der Waals surface area contributed by atoms with Gasteiger partial charge in [-0.05, 0) is 42.5 Å². The van der Waals surface area contributed by atoms with Crippen LogP contribution in [0.1, 0.15) is 10.4 Å². The fraction of sp³-hybridized carbons (Fsp3) is 0.0714. The van der Waals surface area contributed by atoms with Gasteiger partial charge in [-0.3, -0.25) is 4.79 Å². The number of amides is 1. The Morgan fingerprint density at radius 2 is 1.76 bits per heavy atom. The molecule has 0 aromatic heterocycles. The van der Waals surface area contributed by atoms with Gasteiger partial charge in [0.05, 0.1) is 10.5 Å². The molecule has 0 aliphatic carbocycles. The lowest BCUT2D eigenvalue weighted by Crippen LogP contribution is -2.13. The van der Waals surface area contributed by atoms with E-state index in [1.165, 1.54) is 36.4 Å². The van der Waals surface area contributed by atoms with Crippen molar-refractivity contribution < 1.29 is 17.6 Å². The molecule has 110 valence electrons. The Hall–Kier alpha value is -1.73. The van der Waals surface area contributed by atoms with Gasteiger partial charge in [-0.1, -0.05) is 15.9 Å². The SMILES string of the molecule is CS(=O)(=O)c1ccc(NC(=O)c2ccc(Br)cc2F)cc1. The van der Waals surface area contributed by atoms with Gasteiger partial charge in [0.15, 0.2) is 9.84 Å². The van der Waals surface area contributed by atoms with Crippen molar-refractivity contribution >= 4 is 37.4 Å². The zero-order chi connectivity index (χ0) is 15.6. The third-order valence-electron chi connectivity index (χ3n) is 2.72. The summed E-state index contributed by atoms with van der Waals surface area (Å²) in [5, 5.41) is 2.51. The molecule has 0 atom stereocenters. The molecule has 1 N–H and O–H groups in total. The molecule has 0 bridgehead atoms. The summed E-state index contributed by atoms with van der Waals surface area (Å²) in [5.41, 5.74) is 0.292. The number of hydrogen-bond acceptors (Lipinski definition) is 3. The second-order valence-electron chi connectivity index (χ2n) is 4.37. The van der Waals surface area contributed by atoms with Crippen molar-refractivity contribution in [2.45, 2.75) is 4.90 Å². The van der Waals surface area contributed by atoms with Crippen LogP contribution in [0.15, 0.2) is 51.8 Å². The molecule has 0 saturated carbocycles. The van der Waals surface area contributed by atoms with Crippen molar-refractivity contribution in [2.24, 2.45) is 0 Å². The monoisotopic (exact) mass is 371 g/mol. The van der Waals surface area contributed by atoms with E-state index in [1.54, 1.807) is 6.07 Å². The quantitative estimate of drug-likeness (QED) is 0.900. The number of carbonyl (C=O) groups excluding carboxylic acids is 1. The summed E-state index contributed by atoms with van der Waals surface area (Å²) >= 11 is 3.11. The van der Waals surface area contributed by atoms with Crippen LogP contribution in [0, 0.1) is 5.82 Å². The number of benzene rings is 2. The lowest BCUT2D eigenvalue weighted by molar-refractivity contribution is 0.102. The first-order valence-electron chi connectivity index (χ1n) is 5.84. The largest absolute Gasteiger partial charge is 0.322 e. The second-order valence-corrected chi connectivity index (χ2v) is 7.31. The van der Waals surface area contributed by atoms with Gasteiger partial charge in [-0.2, -0.15) is 0 Å². The molecule has 4 nitrogen and oxygen atoms in total. The minimum atomic E-state index is -3.29. The van der Waals surface area contributed by atoms with Crippen LogP contribution < -0.4 is 5.32 Å². The molecule has 2 aromatic carbocycles.